The van der Waals surface area contributed by atoms with Gasteiger partial charge in [-0.15, -0.1) is 0 Å². The lowest BCUT2D eigenvalue weighted by Gasteiger charge is -2.24. The first-order chi connectivity index (χ1) is 14.9. The number of halogens is 1. The van der Waals surface area contributed by atoms with E-state index in [2.05, 4.69) is 10.3 Å². The van der Waals surface area contributed by atoms with Crippen LogP contribution in [0.3, 0.4) is 0 Å². The summed E-state index contributed by atoms with van der Waals surface area (Å²) in [5.74, 6) is -2.01. The summed E-state index contributed by atoms with van der Waals surface area (Å²) in [4.78, 5) is 30.0. The van der Waals surface area contributed by atoms with Gasteiger partial charge in [0.2, 0.25) is 0 Å². The van der Waals surface area contributed by atoms with Gasteiger partial charge in [-0.2, -0.15) is 0 Å². The summed E-state index contributed by atoms with van der Waals surface area (Å²) in [6.45, 7) is 3.34. The molecule has 2 aliphatic rings. The largest absolute Gasteiger partial charge is 0.380 e. The number of hydrogen-bond donors (Lipinski definition) is 3. The molecule has 3 N–H and O–H groups in total. The van der Waals surface area contributed by atoms with Gasteiger partial charge in [-0.25, -0.2) is 4.39 Å². The summed E-state index contributed by atoms with van der Waals surface area (Å²) in [5.41, 5.74) is 1.36. The number of carbonyl (C=O) groups excluding carboxylic acids is 2. The first-order valence-electron chi connectivity index (χ1n) is 10.4. The van der Waals surface area contributed by atoms with E-state index in [0.717, 1.165) is 18.4 Å². The summed E-state index contributed by atoms with van der Waals surface area (Å²) < 4.78 is 19.1. The average Bonchev–Trinajstić information content (AvgIpc) is 3.32. The van der Waals surface area contributed by atoms with Crippen LogP contribution in [0.4, 0.5) is 4.39 Å². The highest BCUT2D eigenvalue weighted by molar-refractivity contribution is 5.90. The topological polar surface area (TPSA) is 112 Å². The van der Waals surface area contributed by atoms with Crippen LogP contribution in [0, 0.1) is 0 Å². The van der Waals surface area contributed by atoms with E-state index in [-0.39, 0.29) is 18.3 Å². The second-order valence-electron chi connectivity index (χ2n) is 7.58. The molecule has 31 heavy (non-hydrogen) atoms. The van der Waals surface area contributed by atoms with E-state index in [9.17, 15) is 24.2 Å². The molecule has 0 saturated carbocycles. The minimum atomic E-state index is -1.85. The Hall–Kier alpha value is -2.62. The highest BCUT2D eigenvalue weighted by Gasteiger charge is 2.34. The number of carbonyl (C=O) groups is 2. The fraction of sp³-hybridized carbons (Fsp3) is 0.500. The van der Waals surface area contributed by atoms with Crippen LogP contribution in [-0.2, 0) is 20.9 Å². The van der Waals surface area contributed by atoms with Gasteiger partial charge in [-0.1, -0.05) is 12.1 Å². The van der Waals surface area contributed by atoms with Crippen molar-refractivity contribution in [2.24, 2.45) is 0 Å². The maximum absolute atomic E-state index is 13.5. The first kappa shape index (κ1) is 23.1. The molecular weight excluding hydrogens is 405 g/mol. The number of rotatable bonds is 8. The Kier molecular flexibility index (Phi) is 7.89. The summed E-state index contributed by atoms with van der Waals surface area (Å²) in [6, 6.07) is 3.52. The van der Waals surface area contributed by atoms with E-state index >= 15 is 0 Å². The molecule has 2 amide bonds. The lowest BCUT2D eigenvalue weighted by molar-refractivity contribution is -0.152. The maximum Gasteiger partial charge on any atom is 0.254 e. The molecule has 0 bridgehead atoms. The van der Waals surface area contributed by atoms with Gasteiger partial charge in [-0.3, -0.25) is 14.6 Å². The molecule has 2 heterocycles. The van der Waals surface area contributed by atoms with Crippen LogP contribution in [0.1, 0.15) is 36.9 Å². The average molecular weight is 433 g/mol. The molecule has 0 aromatic carbocycles. The molecule has 0 radical (unpaired) electrons. The molecule has 3 rings (SSSR count). The number of amides is 2. The minimum Gasteiger partial charge on any atom is -0.380 e. The third-order valence-electron chi connectivity index (χ3n) is 5.41. The predicted octanol–water partition coefficient (Wildman–Crippen LogP) is 0.954. The number of hydrogen-bond acceptors (Lipinski definition) is 6. The highest BCUT2D eigenvalue weighted by Crippen LogP contribution is 2.29. The smallest absolute Gasteiger partial charge is 0.254 e. The van der Waals surface area contributed by atoms with Crippen LogP contribution in [0.2, 0.25) is 0 Å². The van der Waals surface area contributed by atoms with Gasteiger partial charge in [0.15, 0.2) is 12.2 Å². The van der Waals surface area contributed by atoms with E-state index in [1.54, 1.807) is 18.3 Å². The fourth-order valence-corrected chi connectivity index (χ4v) is 3.69. The van der Waals surface area contributed by atoms with Crippen molar-refractivity contribution >= 4 is 11.8 Å². The van der Waals surface area contributed by atoms with E-state index in [1.807, 2.05) is 13.0 Å². The molecule has 2 unspecified atom stereocenters. The molecule has 1 fully saturated rings. The number of pyridine rings is 1. The molecular formula is C22H28FN3O5. The lowest BCUT2D eigenvalue weighted by Crippen LogP contribution is -2.50. The SMILES string of the molecule is CCOC1C=C(F)C=CC1c1ccc(CNC(=O)[C@H](O)[C@@H](O)C(=O)N2CCCC2)nc1. The zero-order valence-corrected chi connectivity index (χ0v) is 17.4. The zero-order chi connectivity index (χ0) is 22.4. The Morgan fingerprint density at radius 2 is 2.03 bits per heavy atom. The monoisotopic (exact) mass is 433 g/mol. The minimum absolute atomic E-state index is 0.0186. The standard InChI is InChI=1S/C22H28FN3O5/c1-2-31-18-11-15(23)6-8-17(18)14-5-7-16(24-12-14)13-25-21(29)19(27)20(28)22(30)26-9-3-4-10-26/h5-8,11-12,17-20,27-28H,2-4,9-10,13H2,1H3,(H,25,29)/t17?,18?,19-,20-/m1/s1. The van der Waals surface area contributed by atoms with Crippen LogP contribution in [-0.4, -0.2) is 69.9 Å². The molecule has 9 heteroatoms. The van der Waals surface area contributed by atoms with Crippen LogP contribution < -0.4 is 5.32 Å². The number of aliphatic hydroxyl groups is 2. The quantitative estimate of drug-likeness (QED) is 0.563. The van der Waals surface area contributed by atoms with Gasteiger partial charge in [0.1, 0.15) is 5.83 Å². The second-order valence-corrected chi connectivity index (χ2v) is 7.58. The molecule has 8 nitrogen and oxygen atoms in total. The number of likely N-dealkylation sites (tertiary alicyclic amines) is 1. The number of aliphatic hydroxyl groups excluding tert-OH is 2. The first-order valence-corrected chi connectivity index (χ1v) is 10.4. The third-order valence-corrected chi connectivity index (χ3v) is 5.41. The normalized spacial score (nSPS) is 22.7. The molecule has 0 spiro atoms. The molecule has 168 valence electrons. The van der Waals surface area contributed by atoms with Gasteiger partial charge >= 0.3 is 0 Å². The van der Waals surface area contributed by atoms with Crippen LogP contribution >= 0.6 is 0 Å². The third kappa shape index (κ3) is 5.75. The zero-order valence-electron chi connectivity index (χ0n) is 17.4. The Morgan fingerprint density at radius 3 is 2.68 bits per heavy atom. The molecule has 1 aliphatic carbocycles. The Balaban J connectivity index is 1.54. The van der Waals surface area contributed by atoms with Crippen molar-refractivity contribution in [2.45, 2.75) is 50.5 Å². The van der Waals surface area contributed by atoms with Crippen LogP contribution in [0.5, 0.6) is 0 Å². The fourth-order valence-electron chi connectivity index (χ4n) is 3.69. The summed E-state index contributed by atoms with van der Waals surface area (Å²) >= 11 is 0. The predicted molar refractivity (Wildman–Crippen MR) is 110 cm³/mol. The second kappa shape index (κ2) is 10.6. The van der Waals surface area contributed by atoms with E-state index in [1.165, 1.54) is 17.1 Å². The number of aromatic nitrogens is 1. The molecule has 1 aromatic heterocycles. The van der Waals surface area contributed by atoms with E-state index < -0.39 is 30.1 Å². The van der Waals surface area contributed by atoms with Gasteiger partial charge < -0.3 is 25.2 Å². The highest BCUT2D eigenvalue weighted by atomic mass is 19.1. The molecule has 1 saturated heterocycles. The van der Waals surface area contributed by atoms with Crippen molar-refractivity contribution in [1.29, 1.82) is 0 Å². The summed E-state index contributed by atoms with van der Waals surface area (Å²) in [6.07, 6.45) is 3.79. The number of ether oxygens (including phenoxy) is 1. The molecule has 1 aromatic rings. The van der Waals surface area contributed by atoms with Crippen LogP contribution in [0.25, 0.3) is 0 Å². The van der Waals surface area contributed by atoms with Crippen LogP contribution in [0.15, 0.2) is 42.4 Å². The van der Waals surface area contributed by atoms with Crippen molar-refractivity contribution in [3.63, 3.8) is 0 Å². The summed E-state index contributed by atoms with van der Waals surface area (Å²) in [5, 5.41) is 22.5. The van der Waals surface area contributed by atoms with Crippen molar-refractivity contribution in [3.05, 3.63) is 53.6 Å². The maximum atomic E-state index is 13.5. The van der Waals surface area contributed by atoms with E-state index in [0.29, 0.717) is 25.4 Å². The van der Waals surface area contributed by atoms with Gasteiger partial charge in [-0.05, 0) is 43.5 Å². The van der Waals surface area contributed by atoms with Gasteiger partial charge in [0, 0.05) is 31.8 Å². The number of nitrogens with zero attached hydrogens (tertiary/aromatic N) is 2. The Morgan fingerprint density at radius 1 is 1.29 bits per heavy atom. The lowest BCUT2D eigenvalue weighted by atomic mass is 9.90. The van der Waals surface area contributed by atoms with Crippen molar-refractivity contribution < 1.29 is 28.9 Å². The van der Waals surface area contributed by atoms with Gasteiger partial charge in [0.25, 0.3) is 11.8 Å². The van der Waals surface area contributed by atoms with Crippen molar-refractivity contribution in [1.82, 2.24) is 15.2 Å². The van der Waals surface area contributed by atoms with Crippen molar-refractivity contribution in [3.8, 4) is 0 Å². The molecule has 1 aliphatic heterocycles. The summed E-state index contributed by atoms with van der Waals surface area (Å²) in [7, 11) is 0. The Labute approximate surface area is 180 Å². The number of nitrogens with one attached hydrogen (secondary N) is 1. The van der Waals surface area contributed by atoms with E-state index in [4.69, 9.17) is 4.74 Å². The number of allylic oxidation sites excluding steroid dienone is 2. The Bertz CT molecular complexity index is 836. The van der Waals surface area contributed by atoms with Crippen molar-refractivity contribution in [2.75, 3.05) is 19.7 Å². The van der Waals surface area contributed by atoms with Gasteiger partial charge in [0.05, 0.1) is 18.3 Å². The molecule has 4 atom stereocenters.